The van der Waals surface area contributed by atoms with Gasteiger partial charge < -0.3 is 9.47 Å². The number of hydrogen-bond acceptors (Lipinski definition) is 6. The van der Waals surface area contributed by atoms with Crippen LogP contribution >= 0.6 is 15.9 Å². The van der Waals surface area contributed by atoms with Crippen molar-refractivity contribution in [1.29, 1.82) is 0 Å². The van der Waals surface area contributed by atoms with Crippen LogP contribution in [0.2, 0.25) is 0 Å². The van der Waals surface area contributed by atoms with E-state index in [2.05, 4.69) is 39.5 Å². The van der Waals surface area contributed by atoms with E-state index in [-0.39, 0.29) is 5.56 Å². The van der Waals surface area contributed by atoms with Gasteiger partial charge in [0.25, 0.3) is 5.56 Å². The third-order valence-electron chi connectivity index (χ3n) is 4.94. The Morgan fingerprint density at radius 2 is 2.09 bits per heavy atom. The van der Waals surface area contributed by atoms with Crippen molar-refractivity contribution in [3.63, 3.8) is 0 Å². The first-order chi connectivity index (χ1) is 15.9. The smallest absolute Gasteiger partial charge is 0.308 e. The van der Waals surface area contributed by atoms with E-state index in [1.807, 2.05) is 18.2 Å². The minimum absolute atomic E-state index is 0.238. The van der Waals surface area contributed by atoms with Gasteiger partial charge in [-0.05, 0) is 48.7 Å². The fourth-order valence-electron chi connectivity index (χ4n) is 3.41. The van der Waals surface area contributed by atoms with Gasteiger partial charge in [0.2, 0.25) is 0 Å². The van der Waals surface area contributed by atoms with Crippen molar-refractivity contribution >= 4 is 39.0 Å². The second-order valence-corrected chi connectivity index (χ2v) is 8.37. The summed E-state index contributed by atoms with van der Waals surface area (Å²) in [6.45, 7) is 7.19. The second kappa shape index (κ2) is 11.0. The molecule has 0 unspecified atom stereocenters. The summed E-state index contributed by atoms with van der Waals surface area (Å²) in [6, 6.07) is 8.97. The van der Waals surface area contributed by atoms with Crippen LogP contribution in [-0.2, 0) is 17.6 Å². The average molecular weight is 512 g/mol. The number of aromatic nitrogens is 2. The number of unbranched alkanes of at least 4 members (excludes halogenated alkanes) is 1. The molecule has 0 spiro atoms. The van der Waals surface area contributed by atoms with Crippen molar-refractivity contribution in [1.82, 2.24) is 9.66 Å². The third kappa shape index (κ3) is 5.76. The molecule has 0 saturated heterocycles. The Morgan fingerprint density at radius 3 is 2.76 bits per heavy atom. The molecule has 0 N–H and O–H groups in total. The van der Waals surface area contributed by atoms with Crippen LogP contribution in [0.1, 0.15) is 43.6 Å². The maximum Gasteiger partial charge on any atom is 0.308 e. The molecule has 33 heavy (non-hydrogen) atoms. The molecule has 0 fully saturated rings. The summed E-state index contributed by atoms with van der Waals surface area (Å²) in [7, 11) is 1.50. The molecule has 172 valence electrons. The number of esters is 1. The molecule has 2 aromatic carbocycles. The van der Waals surface area contributed by atoms with Crippen molar-refractivity contribution in [2.24, 2.45) is 5.10 Å². The van der Waals surface area contributed by atoms with E-state index in [0.717, 1.165) is 22.9 Å². The summed E-state index contributed by atoms with van der Waals surface area (Å²) >= 11 is 3.42. The van der Waals surface area contributed by atoms with Gasteiger partial charge in [0.05, 0.1) is 24.2 Å². The Kier molecular flexibility index (Phi) is 8.16. The molecule has 0 saturated carbocycles. The van der Waals surface area contributed by atoms with Crippen LogP contribution < -0.4 is 15.0 Å². The molecule has 0 amide bonds. The predicted molar refractivity (Wildman–Crippen MR) is 134 cm³/mol. The first-order valence-corrected chi connectivity index (χ1v) is 11.4. The Morgan fingerprint density at radius 1 is 1.30 bits per heavy atom. The Hall–Kier alpha value is -3.26. The van der Waals surface area contributed by atoms with Gasteiger partial charge in [-0.2, -0.15) is 9.78 Å². The van der Waals surface area contributed by atoms with Gasteiger partial charge in [-0.3, -0.25) is 9.59 Å². The van der Waals surface area contributed by atoms with Gasteiger partial charge in [-0.25, -0.2) is 4.98 Å². The zero-order valence-electron chi connectivity index (χ0n) is 18.9. The molecule has 0 aliphatic heterocycles. The van der Waals surface area contributed by atoms with Gasteiger partial charge in [-0.1, -0.05) is 35.4 Å². The summed E-state index contributed by atoms with van der Waals surface area (Å²) in [4.78, 5) is 29.5. The molecule has 8 heteroatoms. The number of rotatable bonds is 9. The molecular weight excluding hydrogens is 486 g/mol. The van der Waals surface area contributed by atoms with E-state index in [1.165, 1.54) is 18.7 Å². The molecule has 1 aromatic heterocycles. The number of benzene rings is 2. The number of carbonyl (C=O) groups is 1. The number of nitrogens with zero attached hydrogens (tertiary/aromatic N) is 3. The van der Waals surface area contributed by atoms with E-state index in [9.17, 15) is 9.59 Å². The number of carbonyl (C=O) groups excluding carboxylic acids is 1. The fraction of sp³-hybridized carbons (Fsp3) is 0.280. The molecule has 3 rings (SSSR count). The number of ether oxygens (including phenoxy) is 2. The summed E-state index contributed by atoms with van der Waals surface area (Å²) in [6.07, 6.45) is 6.24. The first kappa shape index (κ1) is 24.4. The fourth-order valence-corrected chi connectivity index (χ4v) is 3.77. The van der Waals surface area contributed by atoms with Crippen LogP contribution in [-0.4, -0.2) is 29.0 Å². The van der Waals surface area contributed by atoms with E-state index < -0.39 is 5.97 Å². The zero-order valence-corrected chi connectivity index (χ0v) is 20.5. The second-order valence-electron chi connectivity index (χ2n) is 7.45. The van der Waals surface area contributed by atoms with E-state index >= 15 is 0 Å². The van der Waals surface area contributed by atoms with Crippen molar-refractivity contribution in [2.45, 2.75) is 39.5 Å². The lowest BCUT2D eigenvalue weighted by molar-refractivity contribution is -0.132. The highest BCUT2D eigenvalue weighted by Crippen LogP contribution is 2.33. The molecule has 0 aliphatic carbocycles. The number of methoxy groups -OCH3 is 1. The maximum absolute atomic E-state index is 13.2. The maximum atomic E-state index is 13.2. The number of fused-ring (bicyclic) bond motifs is 1. The number of allylic oxidation sites excluding steroid dienone is 1. The molecule has 0 radical (unpaired) electrons. The molecule has 7 nitrogen and oxygen atoms in total. The normalized spacial score (nSPS) is 11.2. The van der Waals surface area contributed by atoms with Gasteiger partial charge in [-0.15, -0.1) is 6.58 Å². The van der Waals surface area contributed by atoms with Crippen LogP contribution in [0, 0.1) is 0 Å². The quantitative estimate of drug-likeness (QED) is 0.174. The monoisotopic (exact) mass is 511 g/mol. The van der Waals surface area contributed by atoms with Crippen molar-refractivity contribution in [3.8, 4) is 11.5 Å². The highest BCUT2D eigenvalue weighted by atomic mass is 79.9. The lowest BCUT2D eigenvalue weighted by Gasteiger charge is -2.14. The Labute approximate surface area is 200 Å². The van der Waals surface area contributed by atoms with Crippen LogP contribution in [0.25, 0.3) is 10.9 Å². The number of halogens is 1. The summed E-state index contributed by atoms with van der Waals surface area (Å²) < 4.78 is 12.9. The largest absolute Gasteiger partial charge is 0.493 e. The van der Waals surface area contributed by atoms with Gasteiger partial charge in [0.15, 0.2) is 11.5 Å². The zero-order chi connectivity index (χ0) is 24.0. The summed E-state index contributed by atoms with van der Waals surface area (Å²) in [5.74, 6) is 0.897. The van der Waals surface area contributed by atoms with Gasteiger partial charge in [0, 0.05) is 23.4 Å². The van der Waals surface area contributed by atoms with Crippen LogP contribution in [0.3, 0.4) is 0 Å². The summed E-state index contributed by atoms with van der Waals surface area (Å²) in [5, 5.41) is 4.97. The highest BCUT2D eigenvalue weighted by Gasteiger charge is 2.15. The van der Waals surface area contributed by atoms with E-state index in [4.69, 9.17) is 9.47 Å². The average Bonchev–Trinajstić information content (AvgIpc) is 2.78. The first-order valence-electron chi connectivity index (χ1n) is 10.6. The van der Waals surface area contributed by atoms with Crippen LogP contribution in [0.4, 0.5) is 0 Å². The molecular formula is C25H26BrN3O4. The van der Waals surface area contributed by atoms with Crippen molar-refractivity contribution in [2.75, 3.05) is 7.11 Å². The highest BCUT2D eigenvalue weighted by molar-refractivity contribution is 9.10. The molecule has 0 bridgehead atoms. The SMILES string of the molecule is C=CCc1cc(C=Nn2c(CCCC)nc3ccc(Br)cc3c2=O)cc(OC)c1OC(C)=O. The topological polar surface area (TPSA) is 82.8 Å². The lowest BCUT2D eigenvalue weighted by Crippen LogP contribution is -2.22. The lowest BCUT2D eigenvalue weighted by atomic mass is 10.1. The standard InChI is InChI=1S/C25H26BrN3O4/c1-5-7-9-23-28-21-11-10-19(26)14-20(21)25(31)29(23)27-15-17-12-18(8-6-2)24(33-16(3)30)22(13-17)32-4/h6,10-15H,2,5,7-9H2,1,3-4H3. The van der Waals surface area contributed by atoms with Gasteiger partial charge >= 0.3 is 5.97 Å². The Balaban J connectivity index is 2.13. The molecule has 3 aromatic rings. The number of aryl methyl sites for hydroxylation is 1. The molecule has 0 aliphatic rings. The molecule has 0 atom stereocenters. The molecule has 1 heterocycles. The number of hydrogen-bond donors (Lipinski definition) is 0. The van der Waals surface area contributed by atoms with E-state index in [1.54, 1.807) is 24.4 Å². The predicted octanol–water partition coefficient (Wildman–Crippen LogP) is 5.05. The van der Waals surface area contributed by atoms with Crippen LogP contribution in [0.5, 0.6) is 11.5 Å². The Bertz CT molecular complexity index is 1280. The van der Waals surface area contributed by atoms with Gasteiger partial charge in [0.1, 0.15) is 5.82 Å². The van der Waals surface area contributed by atoms with E-state index in [0.29, 0.717) is 46.6 Å². The third-order valence-corrected chi connectivity index (χ3v) is 5.43. The van der Waals surface area contributed by atoms with Crippen molar-refractivity contribution in [3.05, 3.63) is 74.8 Å². The minimum Gasteiger partial charge on any atom is -0.493 e. The minimum atomic E-state index is -0.444. The van der Waals surface area contributed by atoms with Crippen molar-refractivity contribution < 1.29 is 14.3 Å². The summed E-state index contributed by atoms with van der Waals surface area (Å²) in [5.41, 5.74) is 1.81. The van der Waals surface area contributed by atoms with Crippen LogP contribution in [0.15, 0.2) is 57.4 Å².